The Labute approximate surface area is 194 Å². The van der Waals surface area contributed by atoms with E-state index in [-0.39, 0.29) is 18.5 Å². The lowest BCUT2D eigenvalue weighted by Crippen LogP contribution is -2.40. The van der Waals surface area contributed by atoms with Crippen molar-refractivity contribution in [3.8, 4) is 5.75 Å². The minimum absolute atomic E-state index is 0.00968. The number of carbonyl (C=O) groups is 1. The number of hydrogen-bond donors (Lipinski definition) is 4. The van der Waals surface area contributed by atoms with Crippen LogP contribution in [0.2, 0.25) is 0 Å². The summed E-state index contributed by atoms with van der Waals surface area (Å²) in [6.45, 7) is 3.75. The van der Waals surface area contributed by atoms with Gasteiger partial charge in [-0.3, -0.25) is 15.6 Å². The van der Waals surface area contributed by atoms with Gasteiger partial charge in [0.15, 0.2) is 0 Å². The highest BCUT2D eigenvalue weighted by molar-refractivity contribution is 5.95. The van der Waals surface area contributed by atoms with Crippen LogP contribution in [0.25, 0.3) is 6.08 Å². The quantitative estimate of drug-likeness (QED) is 0.343. The summed E-state index contributed by atoms with van der Waals surface area (Å²) in [6.07, 6.45) is 5.65. The van der Waals surface area contributed by atoms with E-state index in [9.17, 15) is 9.90 Å². The van der Waals surface area contributed by atoms with Gasteiger partial charge in [-0.15, -0.1) is 0 Å². The van der Waals surface area contributed by atoms with Crippen LogP contribution in [-0.2, 0) is 4.79 Å². The number of nitrogens with two attached hydrogens (primary N) is 1. The third-order valence-corrected chi connectivity index (χ3v) is 5.58. The van der Waals surface area contributed by atoms with Gasteiger partial charge in [0.1, 0.15) is 24.2 Å². The number of nitrogens with one attached hydrogen (secondary N) is 2. The molecule has 0 saturated carbocycles. The molecule has 3 rings (SSSR count). The van der Waals surface area contributed by atoms with E-state index in [0.717, 1.165) is 42.9 Å². The van der Waals surface area contributed by atoms with Crippen LogP contribution in [0.1, 0.15) is 30.9 Å². The molecule has 8 nitrogen and oxygen atoms in total. The Kier molecular flexibility index (Phi) is 8.07. The Morgan fingerprint density at radius 2 is 1.91 bits per heavy atom. The molecule has 33 heavy (non-hydrogen) atoms. The highest BCUT2D eigenvalue weighted by atomic mass is 16.5. The second-order valence-electron chi connectivity index (χ2n) is 8.10. The maximum Gasteiger partial charge on any atom is 0.323 e. The van der Waals surface area contributed by atoms with E-state index >= 15 is 0 Å². The minimum Gasteiger partial charge on any atom is -0.490 e. The Morgan fingerprint density at radius 3 is 2.52 bits per heavy atom. The second kappa shape index (κ2) is 11.2. The summed E-state index contributed by atoms with van der Waals surface area (Å²) >= 11 is 0. The number of piperidine rings is 1. The van der Waals surface area contributed by atoms with E-state index in [1.807, 2.05) is 54.6 Å². The number of likely N-dealkylation sites (tertiary alicyclic amines) is 1. The number of nitrogen functional groups attached to an aromatic ring is 1. The van der Waals surface area contributed by atoms with Gasteiger partial charge in [0.25, 0.3) is 0 Å². The van der Waals surface area contributed by atoms with Crippen molar-refractivity contribution in [2.24, 2.45) is 5.73 Å². The average molecular weight is 450 g/mol. The standard InChI is InChI=1S/C25H31N5O3/c1-18(26)29-14-11-23(12-15-29)33-22-9-7-21(8-10-22)30(17-24(31)32)13-3-5-19-4-2-6-20(16-19)25(27)28/h2-10,16,23,26H,11-15,17H2,1H3,(H3,27,28)(H,31,32). The van der Waals surface area contributed by atoms with Gasteiger partial charge in [-0.05, 0) is 42.8 Å². The molecule has 2 aromatic carbocycles. The molecule has 174 valence electrons. The summed E-state index contributed by atoms with van der Waals surface area (Å²) in [5, 5.41) is 24.6. The SMILES string of the molecule is CC(=N)N1CCC(Oc2ccc(N(CC=Cc3cccc(C(=N)N)c3)CC(=O)O)cc2)CC1. The largest absolute Gasteiger partial charge is 0.490 e. The van der Waals surface area contributed by atoms with Crippen LogP contribution in [0.5, 0.6) is 5.75 Å². The lowest BCUT2D eigenvalue weighted by molar-refractivity contribution is -0.135. The first-order valence-electron chi connectivity index (χ1n) is 11.0. The Morgan fingerprint density at radius 1 is 1.21 bits per heavy atom. The minimum atomic E-state index is -0.907. The number of anilines is 1. The molecular weight excluding hydrogens is 418 g/mol. The summed E-state index contributed by atoms with van der Waals surface area (Å²) in [6, 6.07) is 14.8. The van der Waals surface area contributed by atoms with Crippen molar-refractivity contribution < 1.29 is 14.6 Å². The maximum absolute atomic E-state index is 11.4. The van der Waals surface area contributed by atoms with Crippen LogP contribution in [0.15, 0.2) is 54.6 Å². The van der Waals surface area contributed by atoms with Gasteiger partial charge in [-0.1, -0.05) is 30.4 Å². The van der Waals surface area contributed by atoms with Gasteiger partial charge in [0.2, 0.25) is 0 Å². The van der Waals surface area contributed by atoms with Crippen molar-refractivity contribution in [2.75, 3.05) is 31.1 Å². The smallest absolute Gasteiger partial charge is 0.323 e. The summed E-state index contributed by atoms with van der Waals surface area (Å²) < 4.78 is 6.10. The molecule has 0 amide bonds. The molecule has 2 aromatic rings. The summed E-state index contributed by atoms with van der Waals surface area (Å²) in [4.78, 5) is 15.2. The van der Waals surface area contributed by atoms with Crippen LogP contribution in [0.3, 0.4) is 0 Å². The van der Waals surface area contributed by atoms with E-state index in [0.29, 0.717) is 17.9 Å². The first-order valence-corrected chi connectivity index (χ1v) is 11.0. The zero-order valence-corrected chi connectivity index (χ0v) is 18.8. The monoisotopic (exact) mass is 449 g/mol. The highest BCUT2D eigenvalue weighted by Crippen LogP contribution is 2.23. The second-order valence-corrected chi connectivity index (χ2v) is 8.10. The molecular formula is C25H31N5O3. The van der Waals surface area contributed by atoms with Crippen LogP contribution in [-0.4, -0.2) is 59.9 Å². The number of amidine groups is 2. The molecule has 1 aliphatic heterocycles. The molecule has 0 spiro atoms. The number of benzene rings is 2. The fourth-order valence-electron chi connectivity index (χ4n) is 3.79. The van der Waals surface area contributed by atoms with Crippen LogP contribution >= 0.6 is 0 Å². The van der Waals surface area contributed by atoms with Gasteiger partial charge in [-0.2, -0.15) is 0 Å². The first-order chi connectivity index (χ1) is 15.8. The zero-order valence-electron chi connectivity index (χ0n) is 18.8. The topological polar surface area (TPSA) is 127 Å². The third kappa shape index (κ3) is 7.10. The summed E-state index contributed by atoms with van der Waals surface area (Å²) in [5.74, 6) is 0.457. The van der Waals surface area contributed by atoms with Crippen LogP contribution in [0.4, 0.5) is 5.69 Å². The van der Waals surface area contributed by atoms with Crippen LogP contribution < -0.4 is 15.4 Å². The molecule has 1 aliphatic rings. The van der Waals surface area contributed by atoms with E-state index < -0.39 is 5.97 Å². The number of nitrogens with zero attached hydrogens (tertiary/aromatic N) is 2. The van der Waals surface area contributed by atoms with Crippen molar-refractivity contribution in [2.45, 2.75) is 25.9 Å². The van der Waals surface area contributed by atoms with Crippen molar-refractivity contribution in [3.63, 3.8) is 0 Å². The maximum atomic E-state index is 11.4. The summed E-state index contributed by atoms with van der Waals surface area (Å²) in [7, 11) is 0. The normalized spacial score (nSPS) is 14.3. The molecule has 8 heteroatoms. The fourth-order valence-corrected chi connectivity index (χ4v) is 3.79. The molecule has 5 N–H and O–H groups in total. The lowest BCUT2D eigenvalue weighted by Gasteiger charge is -2.32. The van der Waals surface area contributed by atoms with Crippen molar-refractivity contribution >= 4 is 29.4 Å². The van der Waals surface area contributed by atoms with E-state index in [1.54, 1.807) is 17.9 Å². The van der Waals surface area contributed by atoms with E-state index in [1.165, 1.54) is 0 Å². The first kappa shape index (κ1) is 23.8. The predicted molar refractivity (Wildman–Crippen MR) is 131 cm³/mol. The molecule has 0 unspecified atom stereocenters. The van der Waals surface area contributed by atoms with Crippen molar-refractivity contribution in [3.05, 3.63) is 65.7 Å². The molecule has 0 aromatic heterocycles. The molecule has 1 heterocycles. The van der Waals surface area contributed by atoms with Gasteiger partial charge >= 0.3 is 5.97 Å². The van der Waals surface area contributed by atoms with E-state index in [2.05, 4.69) is 4.90 Å². The predicted octanol–water partition coefficient (Wildman–Crippen LogP) is 3.42. The lowest BCUT2D eigenvalue weighted by atomic mass is 10.1. The molecule has 1 saturated heterocycles. The Hall–Kier alpha value is -3.81. The van der Waals surface area contributed by atoms with Gasteiger partial charge in [-0.25, -0.2) is 0 Å². The van der Waals surface area contributed by atoms with Gasteiger partial charge in [0.05, 0.1) is 5.84 Å². The summed E-state index contributed by atoms with van der Waals surface area (Å²) in [5.41, 5.74) is 7.88. The molecule has 0 aliphatic carbocycles. The zero-order chi connectivity index (χ0) is 23.8. The Bertz CT molecular complexity index is 1010. The third-order valence-electron chi connectivity index (χ3n) is 5.58. The Balaban J connectivity index is 1.61. The number of carboxylic acids is 1. The number of carboxylic acid groups (broad SMARTS) is 1. The molecule has 0 radical (unpaired) electrons. The molecule has 0 bridgehead atoms. The van der Waals surface area contributed by atoms with Crippen molar-refractivity contribution in [1.29, 1.82) is 10.8 Å². The highest BCUT2D eigenvalue weighted by Gasteiger charge is 2.20. The fraction of sp³-hybridized carbons (Fsp3) is 0.320. The molecule has 0 atom stereocenters. The number of aliphatic carboxylic acids is 1. The van der Waals surface area contributed by atoms with Gasteiger partial charge < -0.3 is 25.4 Å². The van der Waals surface area contributed by atoms with Crippen LogP contribution in [0, 0.1) is 10.8 Å². The van der Waals surface area contributed by atoms with Crippen molar-refractivity contribution in [1.82, 2.24) is 4.90 Å². The number of ether oxygens (including phenoxy) is 1. The van der Waals surface area contributed by atoms with Gasteiger partial charge in [0, 0.05) is 43.7 Å². The van der Waals surface area contributed by atoms with E-state index in [4.69, 9.17) is 21.3 Å². The number of hydrogen-bond acceptors (Lipinski definition) is 5. The average Bonchev–Trinajstić information content (AvgIpc) is 2.79. The molecule has 1 fully saturated rings. The number of rotatable bonds is 9.